The zero-order valence-corrected chi connectivity index (χ0v) is 13.6. The molecule has 0 saturated carbocycles. The van der Waals surface area contributed by atoms with Crippen LogP contribution in [-0.4, -0.2) is 37.1 Å². The van der Waals surface area contributed by atoms with E-state index in [4.69, 9.17) is 11.6 Å². The molecule has 0 spiro atoms. The summed E-state index contributed by atoms with van der Waals surface area (Å²) >= 11 is 6.10. The summed E-state index contributed by atoms with van der Waals surface area (Å²) in [6.45, 7) is 2.20. The summed E-state index contributed by atoms with van der Waals surface area (Å²) in [6, 6.07) is 0. The molecule has 0 saturated heterocycles. The van der Waals surface area contributed by atoms with Crippen molar-refractivity contribution in [3.8, 4) is 0 Å². The largest absolute Gasteiger partial charge is 0.391 e. The summed E-state index contributed by atoms with van der Waals surface area (Å²) in [6.07, 6.45) is -1.13. The molecule has 1 amide bonds. The quantitative estimate of drug-likeness (QED) is 0.783. The van der Waals surface area contributed by atoms with Crippen molar-refractivity contribution >= 4 is 28.8 Å². The minimum Gasteiger partial charge on any atom is -0.391 e. The fourth-order valence-electron chi connectivity index (χ4n) is 1.65. The van der Waals surface area contributed by atoms with Gasteiger partial charge in [0.1, 0.15) is 15.7 Å². The second-order valence-corrected chi connectivity index (χ2v) is 6.04. The molecule has 0 aliphatic heterocycles. The number of rotatable bonds is 7. The number of nitrogens with zero attached hydrogens (tertiary/aromatic N) is 4. The first-order valence-corrected chi connectivity index (χ1v) is 7.89. The highest BCUT2D eigenvalue weighted by Crippen LogP contribution is 2.32. The van der Waals surface area contributed by atoms with Crippen molar-refractivity contribution in [2.24, 2.45) is 0 Å². The monoisotopic (exact) mass is 365 g/mol. The highest BCUT2D eigenvalue weighted by molar-refractivity contribution is 7.14. The van der Waals surface area contributed by atoms with Gasteiger partial charge in [0.2, 0.25) is 0 Å². The maximum absolute atomic E-state index is 12.6. The second-order valence-electron chi connectivity index (χ2n) is 4.65. The van der Waals surface area contributed by atoms with E-state index in [1.165, 1.54) is 4.68 Å². The molecule has 126 valence electrons. The lowest BCUT2D eigenvalue weighted by atomic mass is 10.3. The smallest absolute Gasteiger partial charge is 0.280 e. The Hall–Kier alpha value is -1.65. The molecule has 2 aromatic heterocycles. The molecule has 11 heteroatoms. The Kier molecular flexibility index (Phi) is 5.97. The predicted octanol–water partition coefficient (Wildman–Crippen LogP) is 2.03. The van der Waals surface area contributed by atoms with Crippen LogP contribution in [0.15, 0.2) is 6.20 Å². The van der Waals surface area contributed by atoms with Gasteiger partial charge >= 0.3 is 0 Å². The Morgan fingerprint density at radius 1 is 1.57 bits per heavy atom. The van der Waals surface area contributed by atoms with Crippen molar-refractivity contribution in [3.63, 3.8) is 0 Å². The maximum atomic E-state index is 12.6. The van der Waals surface area contributed by atoms with E-state index in [2.05, 4.69) is 20.6 Å². The lowest BCUT2D eigenvalue weighted by molar-refractivity contribution is 0.0950. The van der Waals surface area contributed by atoms with Crippen LogP contribution in [0.4, 0.5) is 8.78 Å². The summed E-state index contributed by atoms with van der Waals surface area (Å²) in [5, 5.41) is 19.2. The molecule has 0 aliphatic carbocycles. The van der Waals surface area contributed by atoms with Crippen molar-refractivity contribution in [1.29, 1.82) is 0 Å². The van der Waals surface area contributed by atoms with E-state index >= 15 is 0 Å². The standard InChI is InChI=1S/C12H14ClF2N5O2S/c1-2-7(21)5-20-4-6(18-19-20)3-16-11(22)12-17-9(13)8(23-12)10(14)15/h4,7,10,21H,2-3,5H2,1H3,(H,16,22). The van der Waals surface area contributed by atoms with Crippen LogP contribution in [-0.2, 0) is 13.1 Å². The predicted molar refractivity (Wildman–Crippen MR) is 79.6 cm³/mol. The summed E-state index contributed by atoms with van der Waals surface area (Å²) in [4.78, 5) is 15.1. The van der Waals surface area contributed by atoms with Gasteiger partial charge in [0.15, 0.2) is 5.01 Å². The molecule has 2 aromatic rings. The molecule has 23 heavy (non-hydrogen) atoms. The molecular weight excluding hydrogens is 352 g/mol. The SMILES string of the molecule is CCC(O)Cn1cc(CNC(=O)c2nc(Cl)c(C(F)F)s2)nn1. The van der Waals surface area contributed by atoms with Gasteiger partial charge in [-0.3, -0.25) is 4.79 Å². The lowest BCUT2D eigenvalue weighted by Gasteiger charge is -2.05. The van der Waals surface area contributed by atoms with E-state index in [-0.39, 0.29) is 16.7 Å². The summed E-state index contributed by atoms with van der Waals surface area (Å²) in [7, 11) is 0. The Morgan fingerprint density at radius 3 is 2.91 bits per heavy atom. The second kappa shape index (κ2) is 7.75. The fourth-order valence-corrected chi connectivity index (χ4v) is 2.71. The van der Waals surface area contributed by atoms with Gasteiger partial charge in [0.05, 0.1) is 25.4 Å². The first-order valence-electron chi connectivity index (χ1n) is 6.70. The van der Waals surface area contributed by atoms with Gasteiger partial charge in [-0.25, -0.2) is 18.4 Å². The molecule has 0 aliphatic rings. The van der Waals surface area contributed by atoms with Gasteiger partial charge in [-0.2, -0.15) is 0 Å². The van der Waals surface area contributed by atoms with Gasteiger partial charge in [0, 0.05) is 0 Å². The normalized spacial score (nSPS) is 12.6. The van der Waals surface area contributed by atoms with Gasteiger partial charge < -0.3 is 10.4 Å². The van der Waals surface area contributed by atoms with Gasteiger partial charge in [-0.1, -0.05) is 23.7 Å². The maximum Gasteiger partial charge on any atom is 0.280 e. The van der Waals surface area contributed by atoms with Crippen LogP contribution in [0.3, 0.4) is 0 Å². The fraction of sp³-hybridized carbons (Fsp3) is 0.500. The molecule has 7 nitrogen and oxygen atoms in total. The third-order valence-electron chi connectivity index (χ3n) is 2.89. The molecule has 0 radical (unpaired) electrons. The van der Waals surface area contributed by atoms with Gasteiger partial charge in [-0.15, -0.1) is 16.4 Å². The average molecular weight is 366 g/mol. The van der Waals surface area contributed by atoms with Crippen LogP contribution in [0.5, 0.6) is 0 Å². The van der Waals surface area contributed by atoms with E-state index in [0.29, 0.717) is 30.0 Å². The number of alkyl halides is 2. The number of aliphatic hydroxyl groups is 1. The first kappa shape index (κ1) is 17.7. The van der Waals surface area contributed by atoms with E-state index < -0.39 is 23.3 Å². The van der Waals surface area contributed by atoms with Crippen LogP contribution < -0.4 is 5.32 Å². The third-order valence-corrected chi connectivity index (χ3v) is 4.35. The molecular formula is C12H14ClF2N5O2S. The minimum atomic E-state index is -2.77. The molecule has 1 atom stereocenters. The molecule has 1 unspecified atom stereocenters. The van der Waals surface area contributed by atoms with E-state index in [9.17, 15) is 18.7 Å². The van der Waals surface area contributed by atoms with Gasteiger partial charge in [-0.05, 0) is 6.42 Å². The average Bonchev–Trinajstić information content (AvgIpc) is 3.11. The Balaban J connectivity index is 1.93. The molecule has 2 heterocycles. The molecule has 0 aromatic carbocycles. The summed E-state index contributed by atoms with van der Waals surface area (Å²) in [5.41, 5.74) is 0.471. The number of hydrogen-bond donors (Lipinski definition) is 2. The van der Waals surface area contributed by atoms with Crippen LogP contribution >= 0.6 is 22.9 Å². The topological polar surface area (TPSA) is 92.9 Å². The lowest BCUT2D eigenvalue weighted by Crippen LogP contribution is -2.22. The Bertz CT molecular complexity index is 678. The number of thiazole rings is 1. The van der Waals surface area contributed by atoms with Crippen LogP contribution in [0, 0.1) is 0 Å². The van der Waals surface area contributed by atoms with Crippen LogP contribution in [0.1, 0.15) is 40.1 Å². The number of halogens is 3. The number of carbonyl (C=O) groups excluding carboxylic acids is 1. The number of aromatic nitrogens is 4. The highest BCUT2D eigenvalue weighted by atomic mass is 35.5. The number of aliphatic hydroxyl groups excluding tert-OH is 1. The molecule has 2 rings (SSSR count). The van der Waals surface area contributed by atoms with E-state index in [1.807, 2.05) is 6.92 Å². The van der Waals surface area contributed by atoms with Gasteiger partial charge in [0.25, 0.3) is 12.3 Å². The molecule has 0 fully saturated rings. The molecule has 2 N–H and O–H groups in total. The van der Waals surface area contributed by atoms with E-state index in [1.54, 1.807) is 6.20 Å². The Morgan fingerprint density at radius 2 is 2.30 bits per heavy atom. The zero-order chi connectivity index (χ0) is 17.0. The number of amides is 1. The third kappa shape index (κ3) is 4.66. The zero-order valence-electron chi connectivity index (χ0n) is 12.0. The number of carbonyl (C=O) groups is 1. The first-order chi connectivity index (χ1) is 10.9. The van der Waals surface area contributed by atoms with Crippen molar-refractivity contribution in [3.05, 3.63) is 26.9 Å². The summed E-state index contributed by atoms with van der Waals surface area (Å²) < 4.78 is 26.7. The van der Waals surface area contributed by atoms with Crippen LogP contribution in [0.2, 0.25) is 5.15 Å². The number of nitrogens with one attached hydrogen (secondary N) is 1. The van der Waals surface area contributed by atoms with Crippen molar-refractivity contribution in [2.45, 2.75) is 39.0 Å². The Labute approximate surface area is 139 Å². The van der Waals surface area contributed by atoms with Crippen molar-refractivity contribution < 1.29 is 18.7 Å². The molecule has 0 bridgehead atoms. The minimum absolute atomic E-state index is 0.0578. The summed E-state index contributed by atoms with van der Waals surface area (Å²) in [5.74, 6) is -0.619. The number of hydrogen-bond acceptors (Lipinski definition) is 6. The highest BCUT2D eigenvalue weighted by Gasteiger charge is 2.21. The van der Waals surface area contributed by atoms with Crippen molar-refractivity contribution in [2.75, 3.05) is 0 Å². The van der Waals surface area contributed by atoms with E-state index in [0.717, 1.165) is 0 Å². The van der Waals surface area contributed by atoms with Crippen molar-refractivity contribution in [1.82, 2.24) is 25.3 Å². The van der Waals surface area contributed by atoms with Crippen LogP contribution in [0.25, 0.3) is 0 Å².